The molecule has 80 valence electrons. The lowest BCUT2D eigenvalue weighted by molar-refractivity contribution is 0.145. The predicted octanol–water partition coefficient (Wildman–Crippen LogP) is 2.35. The second kappa shape index (κ2) is 4.34. The van der Waals surface area contributed by atoms with Crippen LogP contribution in [0.15, 0.2) is 23.4 Å². The van der Waals surface area contributed by atoms with Crippen LogP contribution in [-0.2, 0) is 11.3 Å². The Labute approximate surface area is 89.9 Å². The molecule has 0 aliphatic heterocycles. The van der Waals surface area contributed by atoms with Crippen LogP contribution >= 0.6 is 0 Å². The van der Waals surface area contributed by atoms with Crippen LogP contribution in [0.4, 0.5) is 5.69 Å². The van der Waals surface area contributed by atoms with Gasteiger partial charge >= 0.3 is 0 Å². The Balaban J connectivity index is 2.21. The number of hydrogen-bond donors (Lipinski definition) is 1. The molecule has 3 heteroatoms. The minimum Gasteiger partial charge on any atom is -0.398 e. The van der Waals surface area contributed by atoms with Crippen molar-refractivity contribution >= 4 is 11.4 Å². The molecule has 0 unspecified atom stereocenters. The number of fused-ring (bicyclic) bond motifs is 1. The Kier molecular flexibility index (Phi) is 2.90. The first-order valence-electron chi connectivity index (χ1n) is 5.39. The van der Waals surface area contributed by atoms with Crippen LogP contribution in [0.3, 0.4) is 0 Å². The highest BCUT2D eigenvalue weighted by Gasteiger charge is 2.19. The van der Waals surface area contributed by atoms with Gasteiger partial charge in [0.25, 0.3) is 0 Å². The van der Waals surface area contributed by atoms with Gasteiger partial charge in [0.2, 0.25) is 0 Å². The summed E-state index contributed by atoms with van der Waals surface area (Å²) in [5, 5.41) is 4.16. The zero-order chi connectivity index (χ0) is 10.7. The standard InChI is InChI=1S/C12H16N2O/c1-2-8-15-14-12-7-6-9-10(12)4-3-5-11(9)13/h3-5H,2,6-8,13H2,1H3/b14-12-. The molecule has 3 nitrogen and oxygen atoms in total. The molecule has 15 heavy (non-hydrogen) atoms. The maximum Gasteiger partial charge on any atom is 0.116 e. The summed E-state index contributed by atoms with van der Waals surface area (Å²) in [6.07, 6.45) is 2.91. The lowest BCUT2D eigenvalue weighted by atomic mass is 10.1. The zero-order valence-corrected chi connectivity index (χ0v) is 8.99. The van der Waals surface area contributed by atoms with E-state index in [0.717, 1.165) is 36.2 Å². The highest BCUT2D eigenvalue weighted by atomic mass is 16.6. The maximum absolute atomic E-state index is 5.89. The van der Waals surface area contributed by atoms with Gasteiger partial charge in [0.15, 0.2) is 0 Å². The average molecular weight is 204 g/mol. The molecular weight excluding hydrogens is 188 g/mol. The number of oxime groups is 1. The van der Waals surface area contributed by atoms with E-state index in [9.17, 15) is 0 Å². The van der Waals surface area contributed by atoms with Crippen molar-refractivity contribution in [2.24, 2.45) is 5.16 Å². The summed E-state index contributed by atoms with van der Waals surface area (Å²) < 4.78 is 0. The van der Waals surface area contributed by atoms with Gasteiger partial charge in [-0.1, -0.05) is 24.2 Å². The lowest BCUT2D eigenvalue weighted by Crippen LogP contribution is -1.98. The van der Waals surface area contributed by atoms with Crippen LogP contribution in [0.1, 0.15) is 30.9 Å². The molecule has 0 fully saturated rings. The highest BCUT2D eigenvalue weighted by Crippen LogP contribution is 2.27. The van der Waals surface area contributed by atoms with Gasteiger partial charge in [0.05, 0.1) is 5.71 Å². The van der Waals surface area contributed by atoms with Crippen molar-refractivity contribution in [3.8, 4) is 0 Å². The molecule has 0 spiro atoms. The van der Waals surface area contributed by atoms with Crippen molar-refractivity contribution in [1.29, 1.82) is 0 Å². The SMILES string of the molecule is CCCO/N=C1/CCc2c(N)cccc21. The van der Waals surface area contributed by atoms with Crippen LogP contribution in [0.25, 0.3) is 0 Å². The van der Waals surface area contributed by atoms with Crippen LogP contribution < -0.4 is 5.73 Å². The molecule has 0 amide bonds. The summed E-state index contributed by atoms with van der Waals surface area (Å²) in [5.74, 6) is 0. The van der Waals surface area contributed by atoms with Crippen LogP contribution in [0.5, 0.6) is 0 Å². The number of rotatable bonds is 3. The van der Waals surface area contributed by atoms with Crippen molar-refractivity contribution in [2.45, 2.75) is 26.2 Å². The number of anilines is 1. The molecule has 2 N–H and O–H groups in total. The summed E-state index contributed by atoms with van der Waals surface area (Å²) in [4.78, 5) is 5.21. The number of nitrogen functional groups attached to an aromatic ring is 1. The fraction of sp³-hybridized carbons (Fsp3) is 0.417. The maximum atomic E-state index is 5.89. The van der Waals surface area contributed by atoms with E-state index in [-0.39, 0.29) is 0 Å². The number of hydrogen-bond acceptors (Lipinski definition) is 3. The van der Waals surface area contributed by atoms with E-state index in [1.54, 1.807) is 0 Å². The third kappa shape index (κ3) is 1.96. The monoisotopic (exact) mass is 204 g/mol. The predicted molar refractivity (Wildman–Crippen MR) is 62.0 cm³/mol. The van der Waals surface area contributed by atoms with Crippen LogP contribution in [-0.4, -0.2) is 12.3 Å². The van der Waals surface area contributed by atoms with Gasteiger partial charge in [0.1, 0.15) is 6.61 Å². The molecule has 0 saturated heterocycles. The second-order valence-electron chi connectivity index (χ2n) is 3.74. The van der Waals surface area contributed by atoms with Gasteiger partial charge in [-0.25, -0.2) is 0 Å². The van der Waals surface area contributed by atoms with Crippen molar-refractivity contribution in [1.82, 2.24) is 0 Å². The molecule has 0 heterocycles. The topological polar surface area (TPSA) is 47.6 Å². The Morgan fingerprint density at radius 2 is 2.27 bits per heavy atom. The highest BCUT2D eigenvalue weighted by molar-refractivity contribution is 6.05. The fourth-order valence-corrected chi connectivity index (χ4v) is 1.84. The first-order chi connectivity index (χ1) is 7.33. The molecule has 0 saturated carbocycles. The average Bonchev–Trinajstić information content (AvgIpc) is 2.64. The summed E-state index contributed by atoms with van der Waals surface area (Å²) >= 11 is 0. The number of benzene rings is 1. The summed E-state index contributed by atoms with van der Waals surface area (Å²) in [5.41, 5.74) is 10.2. The normalized spacial score (nSPS) is 16.7. The Morgan fingerprint density at radius 1 is 1.40 bits per heavy atom. The zero-order valence-electron chi connectivity index (χ0n) is 8.99. The van der Waals surface area contributed by atoms with Gasteiger partial charge in [-0.2, -0.15) is 0 Å². The van der Waals surface area contributed by atoms with E-state index in [1.807, 2.05) is 12.1 Å². The van der Waals surface area contributed by atoms with E-state index in [0.29, 0.717) is 6.61 Å². The first kappa shape index (κ1) is 10.0. The van der Waals surface area contributed by atoms with Gasteiger partial charge in [-0.05, 0) is 30.9 Å². The Bertz CT molecular complexity index is 385. The Hall–Kier alpha value is -1.51. The lowest BCUT2D eigenvalue weighted by Gasteiger charge is -2.02. The molecule has 1 aliphatic carbocycles. The molecule has 0 aromatic heterocycles. The minimum absolute atomic E-state index is 0.682. The molecule has 1 aromatic carbocycles. The summed E-state index contributed by atoms with van der Waals surface area (Å²) in [6, 6.07) is 5.97. The molecular formula is C12H16N2O. The fourth-order valence-electron chi connectivity index (χ4n) is 1.84. The third-order valence-electron chi connectivity index (χ3n) is 2.61. The molecule has 1 aromatic rings. The summed E-state index contributed by atoms with van der Waals surface area (Å²) in [7, 11) is 0. The van der Waals surface area contributed by atoms with E-state index >= 15 is 0 Å². The number of nitrogens with zero attached hydrogens (tertiary/aromatic N) is 1. The van der Waals surface area contributed by atoms with Gasteiger partial charge < -0.3 is 10.6 Å². The van der Waals surface area contributed by atoms with Crippen LogP contribution in [0, 0.1) is 0 Å². The van der Waals surface area contributed by atoms with Crippen molar-refractivity contribution in [3.05, 3.63) is 29.3 Å². The first-order valence-corrected chi connectivity index (χ1v) is 5.39. The molecule has 0 radical (unpaired) electrons. The molecule has 2 rings (SSSR count). The second-order valence-corrected chi connectivity index (χ2v) is 3.74. The molecule has 0 atom stereocenters. The van der Waals surface area contributed by atoms with Gasteiger partial charge in [-0.15, -0.1) is 0 Å². The van der Waals surface area contributed by atoms with Crippen molar-refractivity contribution in [3.63, 3.8) is 0 Å². The van der Waals surface area contributed by atoms with Crippen LogP contribution in [0.2, 0.25) is 0 Å². The Morgan fingerprint density at radius 3 is 3.07 bits per heavy atom. The minimum atomic E-state index is 0.682. The van der Waals surface area contributed by atoms with Crippen molar-refractivity contribution in [2.75, 3.05) is 12.3 Å². The van der Waals surface area contributed by atoms with E-state index < -0.39 is 0 Å². The smallest absolute Gasteiger partial charge is 0.116 e. The number of nitrogens with two attached hydrogens (primary N) is 1. The quantitative estimate of drug-likeness (QED) is 0.466. The van der Waals surface area contributed by atoms with Gasteiger partial charge in [-0.3, -0.25) is 0 Å². The summed E-state index contributed by atoms with van der Waals surface area (Å²) in [6.45, 7) is 2.75. The molecule has 0 bridgehead atoms. The third-order valence-corrected chi connectivity index (χ3v) is 2.61. The molecule has 1 aliphatic rings. The van der Waals surface area contributed by atoms with E-state index in [1.165, 1.54) is 5.56 Å². The largest absolute Gasteiger partial charge is 0.398 e. The van der Waals surface area contributed by atoms with E-state index in [2.05, 4.69) is 18.1 Å². The van der Waals surface area contributed by atoms with Gasteiger partial charge in [0, 0.05) is 11.3 Å². The van der Waals surface area contributed by atoms with E-state index in [4.69, 9.17) is 10.6 Å². The van der Waals surface area contributed by atoms with Crippen molar-refractivity contribution < 1.29 is 4.84 Å².